The standard InChI is InChI=1S/C26H32O3/c1-7-13-29-23-16-22-21(25(3,4)11-12-26(22,5)6)15-20(23)19-10-8-9-18(14-19)17(2)24(27)28/h8-10,14-16H,2,7,11-13H2,1,3-6H3,(H,27,28). The van der Waals surface area contributed by atoms with Crippen LogP contribution in [-0.2, 0) is 15.6 Å². The van der Waals surface area contributed by atoms with Crippen LogP contribution < -0.4 is 4.74 Å². The van der Waals surface area contributed by atoms with E-state index in [-0.39, 0.29) is 16.4 Å². The van der Waals surface area contributed by atoms with Gasteiger partial charge in [0.05, 0.1) is 12.2 Å². The third-order valence-corrected chi connectivity index (χ3v) is 6.19. The molecule has 0 spiro atoms. The Morgan fingerprint density at radius 2 is 1.69 bits per heavy atom. The Morgan fingerprint density at radius 3 is 2.28 bits per heavy atom. The van der Waals surface area contributed by atoms with E-state index in [1.54, 1.807) is 6.07 Å². The SMILES string of the molecule is C=C(C(=O)O)c1cccc(-c2cc3c(cc2OCCC)C(C)(C)CCC3(C)C)c1. The van der Waals surface area contributed by atoms with Crippen LogP contribution in [0.15, 0.2) is 43.0 Å². The minimum atomic E-state index is -1.00. The molecule has 0 atom stereocenters. The topological polar surface area (TPSA) is 46.5 Å². The van der Waals surface area contributed by atoms with E-state index in [1.807, 2.05) is 18.2 Å². The van der Waals surface area contributed by atoms with Crippen molar-refractivity contribution in [3.63, 3.8) is 0 Å². The summed E-state index contributed by atoms with van der Waals surface area (Å²) in [6.45, 7) is 15.7. The Hall–Kier alpha value is -2.55. The van der Waals surface area contributed by atoms with Gasteiger partial charge in [-0.15, -0.1) is 0 Å². The van der Waals surface area contributed by atoms with Gasteiger partial charge in [0.15, 0.2) is 0 Å². The molecule has 0 fully saturated rings. The van der Waals surface area contributed by atoms with Gasteiger partial charge in [-0.05, 0) is 70.5 Å². The van der Waals surface area contributed by atoms with Gasteiger partial charge in [-0.3, -0.25) is 0 Å². The molecule has 1 aliphatic rings. The molecule has 154 valence electrons. The number of carboxylic acids is 1. The van der Waals surface area contributed by atoms with Gasteiger partial charge in [-0.25, -0.2) is 4.79 Å². The molecule has 0 heterocycles. The molecule has 3 nitrogen and oxygen atoms in total. The molecule has 3 heteroatoms. The van der Waals surface area contributed by atoms with Crippen LogP contribution >= 0.6 is 0 Å². The van der Waals surface area contributed by atoms with E-state index in [1.165, 1.54) is 11.1 Å². The fourth-order valence-corrected chi connectivity index (χ4v) is 4.15. The zero-order valence-electron chi connectivity index (χ0n) is 18.3. The number of carboxylic acid groups (broad SMARTS) is 1. The van der Waals surface area contributed by atoms with Crippen molar-refractivity contribution in [2.75, 3.05) is 6.61 Å². The van der Waals surface area contributed by atoms with Crippen molar-refractivity contribution in [2.24, 2.45) is 0 Å². The Morgan fingerprint density at radius 1 is 1.07 bits per heavy atom. The highest BCUT2D eigenvalue weighted by atomic mass is 16.5. The summed E-state index contributed by atoms with van der Waals surface area (Å²) < 4.78 is 6.18. The first-order valence-electron chi connectivity index (χ1n) is 10.4. The Kier molecular flexibility index (Phi) is 5.62. The van der Waals surface area contributed by atoms with E-state index in [0.717, 1.165) is 36.1 Å². The molecule has 0 aromatic heterocycles. The molecular weight excluding hydrogens is 360 g/mol. The molecule has 0 amide bonds. The molecule has 0 radical (unpaired) electrons. The highest BCUT2D eigenvalue weighted by molar-refractivity contribution is 6.14. The summed E-state index contributed by atoms with van der Waals surface area (Å²) in [4.78, 5) is 11.4. The summed E-state index contributed by atoms with van der Waals surface area (Å²) in [5.41, 5.74) is 5.60. The first-order chi connectivity index (χ1) is 13.6. The molecule has 2 aromatic rings. The predicted molar refractivity (Wildman–Crippen MR) is 120 cm³/mol. The van der Waals surface area contributed by atoms with Gasteiger partial charge in [-0.2, -0.15) is 0 Å². The highest BCUT2D eigenvalue weighted by Crippen LogP contribution is 2.49. The summed E-state index contributed by atoms with van der Waals surface area (Å²) in [6.07, 6.45) is 3.21. The highest BCUT2D eigenvalue weighted by Gasteiger charge is 2.38. The maximum Gasteiger partial charge on any atom is 0.335 e. The first-order valence-corrected chi connectivity index (χ1v) is 10.4. The second-order valence-electron chi connectivity index (χ2n) is 9.37. The van der Waals surface area contributed by atoms with Crippen molar-refractivity contribution in [3.8, 4) is 16.9 Å². The molecule has 1 N–H and O–H groups in total. The van der Waals surface area contributed by atoms with Crippen LogP contribution in [0.25, 0.3) is 16.7 Å². The van der Waals surface area contributed by atoms with Crippen molar-refractivity contribution < 1.29 is 14.6 Å². The van der Waals surface area contributed by atoms with E-state index in [4.69, 9.17) is 4.74 Å². The van der Waals surface area contributed by atoms with E-state index in [2.05, 4.69) is 53.3 Å². The maximum absolute atomic E-state index is 11.4. The van der Waals surface area contributed by atoms with E-state index < -0.39 is 5.97 Å². The minimum absolute atomic E-state index is 0.0885. The molecule has 0 unspecified atom stereocenters. The molecule has 0 bridgehead atoms. The molecule has 3 rings (SSSR count). The molecule has 0 aliphatic heterocycles. The average Bonchev–Trinajstić information content (AvgIpc) is 2.68. The summed E-state index contributed by atoms with van der Waals surface area (Å²) >= 11 is 0. The van der Waals surface area contributed by atoms with Crippen LogP contribution in [0, 0.1) is 0 Å². The van der Waals surface area contributed by atoms with E-state index >= 15 is 0 Å². The summed E-state index contributed by atoms with van der Waals surface area (Å²) in [6, 6.07) is 12.1. The Bertz CT molecular complexity index is 950. The molecule has 0 saturated carbocycles. The molecule has 29 heavy (non-hydrogen) atoms. The maximum atomic E-state index is 11.4. The zero-order chi connectivity index (χ0) is 21.4. The quantitative estimate of drug-likeness (QED) is 0.564. The fourth-order valence-electron chi connectivity index (χ4n) is 4.15. The number of aliphatic carboxylic acids is 1. The summed E-state index contributed by atoms with van der Waals surface area (Å²) in [5.74, 6) is -0.132. The first kappa shape index (κ1) is 21.2. The Labute approximate surface area is 174 Å². The van der Waals surface area contributed by atoms with Crippen molar-refractivity contribution in [3.05, 3.63) is 59.7 Å². The molecule has 2 aromatic carbocycles. The molecule has 1 aliphatic carbocycles. The number of fused-ring (bicyclic) bond motifs is 1. The fraction of sp³-hybridized carbons (Fsp3) is 0.423. The number of benzene rings is 2. The second kappa shape index (κ2) is 7.70. The van der Waals surface area contributed by atoms with Crippen molar-refractivity contribution in [1.82, 2.24) is 0 Å². The zero-order valence-corrected chi connectivity index (χ0v) is 18.3. The van der Waals surface area contributed by atoms with Crippen LogP contribution in [0.5, 0.6) is 5.75 Å². The summed E-state index contributed by atoms with van der Waals surface area (Å²) in [5, 5.41) is 9.33. The van der Waals surface area contributed by atoms with Gasteiger partial charge < -0.3 is 9.84 Å². The monoisotopic (exact) mass is 392 g/mol. The lowest BCUT2D eigenvalue weighted by atomic mass is 9.62. The van der Waals surface area contributed by atoms with Crippen LogP contribution in [0.4, 0.5) is 0 Å². The average molecular weight is 393 g/mol. The lowest BCUT2D eigenvalue weighted by Crippen LogP contribution is -2.34. The van der Waals surface area contributed by atoms with Crippen molar-refractivity contribution >= 4 is 11.5 Å². The van der Waals surface area contributed by atoms with Gasteiger partial charge in [-0.1, -0.05) is 59.4 Å². The van der Waals surface area contributed by atoms with Crippen molar-refractivity contribution in [2.45, 2.75) is 64.7 Å². The van der Waals surface area contributed by atoms with Gasteiger partial charge in [0.25, 0.3) is 0 Å². The van der Waals surface area contributed by atoms with Crippen LogP contribution in [0.3, 0.4) is 0 Å². The van der Waals surface area contributed by atoms with Gasteiger partial charge >= 0.3 is 5.97 Å². The third kappa shape index (κ3) is 4.10. The van der Waals surface area contributed by atoms with Crippen LogP contribution in [0.1, 0.15) is 70.6 Å². The van der Waals surface area contributed by atoms with Gasteiger partial charge in [0, 0.05) is 5.56 Å². The van der Waals surface area contributed by atoms with Gasteiger partial charge in [0.2, 0.25) is 0 Å². The number of hydrogen-bond acceptors (Lipinski definition) is 2. The second-order valence-corrected chi connectivity index (χ2v) is 9.37. The number of rotatable bonds is 6. The minimum Gasteiger partial charge on any atom is -0.493 e. The smallest absolute Gasteiger partial charge is 0.335 e. The van der Waals surface area contributed by atoms with Gasteiger partial charge in [0.1, 0.15) is 5.75 Å². The lowest BCUT2D eigenvalue weighted by molar-refractivity contribution is -0.130. The predicted octanol–water partition coefficient (Wildman–Crippen LogP) is 6.59. The normalized spacial score (nSPS) is 16.7. The largest absolute Gasteiger partial charge is 0.493 e. The molecular formula is C26H32O3. The molecule has 0 saturated heterocycles. The number of ether oxygens (including phenoxy) is 1. The van der Waals surface area contributed by atoms with E-state index in [0.29, 0.717) is 12.2 Å². The van der Waals surface area contributed by atoms with E-state index in [9.17, 15) is 9.90 Å². The lowest BCUT2D eigenvalue weighted by Gasteiger charge is -2.42. The number of carbonyl (C=O) groups is 1. The Balaban J connectivity index is 2.22. The third-order valence-electron chi connectivity index (χ3n) is 6.19. The summed E-state index contributed by atoms with van der Waals surface area (Å²) in [7, 11) is 0. The van der Waals surface area contributed by atoms with Crippen molar-refractivity contribution in [1.29, 1.82) is 0 Å². The van der Waals surface area contributed by atoms with Crippen LogP contribution in [0.2, 0.25) is 0 Å². The van der Waals surface area contributed by atoms with Crippen LogP contribution in [-0.4, -0.2) is 17.7 Å². The number of hydrogen-bond donors (Lipinski definition) is 1.